The molecule has 1 saturated heterocycles. The molecule has 0 unspecified atom stereocenters. The molecule has 1 aromatic carbocycles. The van der Waals surface area contributed by atoms with Gasteiger partial charge in [0.2, 0.25) is 10.0 Å². The van der Waals surface area contributed by atoms with Gasteiger partial charge in [0.1, 0.15) is 0 Å². The monoisotopic (exact) mass is 536 g/mol. The summed E-state index contributed by atoms with van der Waals surface area (Å²) in [5.74, 6) is 0.705. The van der Waals surface area contributed by atoms with Crippen LogP contribution < -0.4 is 10.6 Å². The molecule has 2 N–H and O–H groups in total. The highest BCUT2D eigenvalue weighted by molar-refractivity contribution is 14.0. The molecule has 1 aliphatic carbocycles. The molecule has 0 radical (unpaired) electrons. The highest BCUT2D eigenvalue weighted by Gasteiger charge is 2.35. The van der Waals surface area contributed by atoms with Crippen molar-refractivity contribution >= 4 is 40.0 Å². The molecule has 0 spiro atoms. The smallest absolute Gasteiger partial charge is 0.215 e. The van der Waals surface area contributed by atoms with Crippen LogP contribution in [-0.2, 0) is 20.2 Å². The summed E-state index contributed by atoms with van der Waals surface area (Å²) < 4.78 is 31.6. The van der Waals surface area contributed by atoms with Gasteiger partial charge in [-0.1, -0.05) is 43.2 Å². The fourth-order valence-corrected chi connectivity index (χ4v) is 5.46. The number of nitrogens with one attached hydrogen (secondary N) is 2. The van der Waals surface area contributed by atoms with Crippen LogP contribution in [0.5, 0.6) is 0 Å². The molecule has 164 valence electrons. The number of rotatable bonds is 7. The van der Waals surface area contributed by atoms with Crippen molar-refractivity contribution in [1.29, 1.82) is 0 Å². The van der Waals surface area contributed by atoms with Gasteiger partial charge in [0.05, 0.1) is 19.0 Å². The lowest BCUT2D eigenvalue weighted by atomic mass is 9.79. The van der Waals surface area contributed by atoms with E-state index in [2.05, 4.69) is 46.0 Å². The van der Waals surface area contributed by atoms with Gasteiger partial charge in [-0.2, -0.15) is 4.31 Å². The first-order chi connectivity index (χ1) is 13.6. The molecule has 2 aliphatic rings. The van der Waals surface area contributed by atoms with Gasteiger partial charge in [0.25, 0.3) is 0 Å². The highest BCUT2D eigenvalue weighted by Crippen LogP contribution is 2.40. The molecule has 7 nitrogen and oxygen atoms in total. The fourth-order valence-electron chi connectivity index (χ4n) is 4.14. The van der Waals surface area contributed by atoms with E-state index in [4.69, 9.17) is 4.74 Å². The molecule has 0 aromatic heterocycles. The maximum atomic E-state index is 12.4. The Morgan fingerprint density at radius 3 is 2.41 bits per heavy atom. The summed E-state index contributed by atoms with van der Waals surface area (Å²) >= 11 is 0. The van der Waals surface area contributed by atoms with Crippen molar-refractivity contribution in [2.24, 2.45) is 4.99 Å². The van der Waals surface area contributed by atoms with Crippen molar-refractivity contribution in [3.05, 3.63) is 35.9 Å². The summed E-state index contributed by atoms with van der Waals surface area (Å²) in [5, 5.41) is 6.59. The van der Waals surface area contributed by atoms with Crippen molar-refractivity contribution in [3.8, 4) is 0 Å². The topological polar surface area (TPSA) is 83.0 Å². The van der Waals surface area contributed by atoms with Crippen molar-refractivity contribution in [2.45, 2.75) is 31.1 Å². The standard InChI is InChI=1S/C20H32N4O3S.HI/c1-21-19(22-11-16-28(25,26)24-12-14-27-15-13-24)23-17-20(9-5-6-10-20)18-7-3-2-4-8-18;/h2-4,7-8H,5-6,9-17H2,1H3,(H2,21,22,23);1H. The van der Waals surface area contributed by atoms with Crippen LogP contribution in [-0.4, -0.2) is 70.9 Å². The molecule has 3 rings (SSSR count). The molecule has 1 heterocycles. The van der Waals surface area contributed by atoms with Crippen molar-refractivity contribution in [3.63, 3.8) is 0 Å². The Balaban J connectivity index is 0.00000300. The fraction of sp³-hybridized carbons (Fsp3) is 0.650. The van der Waals surface area contributed by atoms with Crippen molar-refractivity contribution in [2.75, 3.05) is 52.2 Å². The Labute approximate surface area is 191 Å². The van der Waals surface area contributed by atoms with E-state index in [-0.39, 0.29) is 35.1 Å². The Morgan fingerprint density at radius 2 is 1.79 bits per heavy atom. The molecule has 0 amide bonds. The summed E-state index contributed by atoms with van der Waals surface area (Å²) in [5.41, 5.74) is 1.49. The van der Waals surface area contributed by atoms with Gasteiger partial charge in [-0.3, -0.25) is 4.99 Å². The Hall–Kier alpha value is -0.910. The van der Waals surface area contributed by atoms with Crippen LogP contribution in [0.2, 0.25) is 0 Å². The lowest BCUT2D eigenvalue weighted by Gasteiger charge is -2.31. The molecule has 2 fully saturated rings. The van der Waals surface area contributed by atoms with Gasteiger partial charge >= 0.3 is 0 Å². The van der Waals surface area contributed by atoms with Gasteiger partial charge in [-0.25, -0.2) is 8.42 Å². The zero-order valence-corrected chi connectivity index (χ0v) is 20.2. The first-order valence-corrected chi connectivity index (χ1v) is 11.7. The third kappa shape index (κ3) is 6.53. The first-order valence-electron chi connectivity index (χ1n) is 10.1. The average Bonchev–Trinajstić information content (AvgIpc) is 3.22. The third-order valence-electron chi connectivity index (χ3n) is 5.78. The molecule has 1 aliphatic heterocycles. The lowest BCUT2D eigenvalue weighted by molar-refractivity contribution is 0.0730. The first kappa shape index (κ1) is 24.4. The Bertz CT molecular complexity index is 746. The van der Waals surface area contributed by atoms with Gasteiger partial charge in [-0.05, 0) is 18.4 Å². The van der Waals surface area contributed by atoms with Crippen LogP contribution in [0.1, 0.15) is 31.2 Å². The highest BCUT2D eigenvalue weighted by atomic mass is 127. The second-order valence-corrected chi connectivity index (χ2v) is 9.62. The van der Waals surface area contributed by atoms with Gasteiger partial charge < -0.3 is 15.4 Å². The molecular weight excluding hydrogens is 503 g/mol. The quantitative estimate of drug-likeness (QED) is 0.316. The summed E-state index contributed by atoms with van der Waals surface area (Å²) in [7, 11) is -1.55. The number of aliphatic imine (C=N–C) groups is 1. The summed E-state index contributed by atoms with van der Waals surface area (Å²) in [6.45, 7) is 2.95. The zero-order valence-electron chi connectivity index (χ0n) is 17.1. The number of guanidine groups is 1. The molecule has 1 saturated carbocycles. The maximum absolute atomic E-state index is 12.4. The van der Waals surface area contributed by atoms with Crippen LogP contribution in [0.25, 0.3) is 0 Å². The summed E-state index contributed by atoms with van der Waals surface area (Å²) in [6.07, 6.45) is 4.79. The molecule has 0 atom stereocenters. The van der Waals surface area contributed by atoms with Gasteiger partial charge in [0, 0.05) is 38.6 Å². The predicted molar refractivity (Wildman–Crippen MR) is 128 cm³/mol. The molecular formula is C20H33IN4O3S. The molecule has 1 aromatic rings. The number of sulfonamides is 1. The van der Waals surface area contributed by atoms with E-state index in [1.54, 1.807) is 7.05 Å². The van der Waals surface area contributed by atoms with E-state index in [1.807, 2.05) is 0 Å². The number of nitrogens with zero attached hydrogens (tertiary/aromatic N) is 2. The number of morpholine rings is 1. The van der Waals surface area contributed by atoms with Crippen LogP contribution in [0.3, 0.4) is 0 Å². The van der Waals surface area contributed by atoms with Gasteiger partial charge in [-0.15, -0.1) is 24.0 Å². The van der Waals surface area contributed by atoms with E-state index in [0.717, 1.165) is 19.4 Å². The molecule has 9 heteroatoms. The zero-order chi connectivity index (χ0) is 19.9. The van der Waals surface area contributed by atoms with E-state index in [1.165, 1.54) is 22.7 Å². The Morgan fingerprint density at radius 1 is 1.14 bits per heavy atom. The minimum Gasteiger partial charge on any atom is -0.379 e. The van der Waals surface area contributed by atoms with E-state index in [0.29, 0.717) is 38.8 Å². The van der Waals surface area contributed by atoms with E-state index >= 15 is 0 Å². The average molecular weight is 536 g/mol. The van der Waals surface area contributed by atoms with E-state index in [9.17, 15) is 8.42 Å². The van der Waals surface area contributed by atoms with Crippen LogP contribution >= 0.6 is 24.0 Å². The third-order valence-corrected chi connectivity index (χ3v) is 7.65. The van der Waals surface area contributed by atoms with Gasteiger partial charge in [0.15, 0.2) is 5.96 Å². The summed E-state index contributed by atoms with van der Waals surface area (Å²) in [4.78, 5) is 4.27. The number of hydrogen-bond acceptors (Lipinski definition) is 4. The lowest BCUT2D eigenvalue weighted by Crippen LogP contribution is -2.47. The maximum Gasteiger partial charge on any atom is 0.215 e. The van der Waals surface area contributed by atoms with Crippen molar-refractivity contribution in [1.82, 2.24) is 14.9 Å². The second kappa shape index (κ2) is 11.5. The van der Waals surface area contributed by atoms with Crippen LogP contribution in [0, 0.1) is 0 Å². The number of halogens is 1. The number of hydrogen-bond donors (Lipinski definition) is 2. The Kier molecular flexibility index (Phi) is 9.64. The SMILES string of the molecule is CN=C(NCCS(=O)(=O)N1CCOCC1)NCC1(c2ccccc2)CCCC1.I. The van der Waals surface area contributed by atoms with Crippen LogP contribution in [0.4, 0.5) is 0 Å². The van der Waals surface area contributed by atoms with Crippen LogP contribution in [0.15, 0.2) is 35.3 Å². The minimum absolute atomic E-state index is 0. The largest absolute Gasteiger partial charge is 0.379 e. The number of ether oxygens (including phenoxy) is 1. The molecule has 0 bridgehead atoms. The predicted octanol–water partition coefficient (Wildman–Crippen LogP) is 1.94. The molecule has 29 heavy (non-hydrogen) atoms. The number of benzene rings is 1. The van der Waals surface area contributed by atoms with E-state index < -0.39 is 10.0 Å². The second-order valence-electron chi connectivity index (χ2n) is 7.53. The normalized spacial score (nSPS) is 20.1. The van der Waals surface area contributed by atoms with Crippen molar-refractivity contribution < 1.29 is 13.2 Å². The minimum atomic E-state index is -3.26. The summed E-state index contributed by atoms with van der Waals surface area (Å²) in [6, 6.07) is 10.7.